The molecule has 3 rings (SSSR count). The Morgan fingerprint density at radius 2 is 2.05 bits per heavy atom. The highest BCUT2D eigenvalue weighted by atomic mass is 35.5. The fourth-order valence-electron chi connectivity index (χ4n) is 2.91. The molecule has 1 aliphatic heterocycles. The summed E-state index contributed by atoms with van der Waals surface area (Å²) in [5.41, 5.74) is 10.1. The van der Waals surface area contributed by atoms with Gasteiger partial charge in [-0.3, -0.25) is 0 Å². The highest BCUT2D eigenvalue weighted by Crippen LogP contribution is 2.36. The number of hydrogen-bond acceptors (Lipinski definition) is 2. The number of hydrogen-bond donors (Lipinski definition) is 1. The molecule has 1 heterocycles. The summed E-state index contributed by atoms with van der Waals surface area (Å²) in [4.78, 5) is 2.65. The molecule has 1 unspecified atom stereocenters. The topological polar surface area (TPSA) is 29.3 Å². The van der Waals surface area contributed by atoms with Gasteiger partial charge in [0.05, 0.1) is 5.02 Å². The van der Waals surface area contributed by atoms with Gasteiger partial charge in [-0.1, -0.05) is 48.9 Å². The molecule has 0 spiro atoms. The van der Waals surface area contributed by atoms with Crippen molar-refractivity contribution in [3.8, 4) is 0 Å². The molecular weight excluding hydrogens is 300 g/mol. The molecular formula is C17H17ClN2S. The largest absolute Gasteiger partial charge is 0.389 e. The second kappa shape index (κ2) is 5.66. The Hall–Kier alpha value is -1.58. The molecule has 0 aliphatic carbocycles. The minimum atomic E-state index is 0.332. The lowest BCUT2D eigenvalue weighted by molar-refractivity contribution is 0.562. The van der Waals surface area contributed by atoms with Gasteiger partial charge in [0.25, 0.3) is 0 Å². The summed E-state index contributed by atoms with van der Waals surface area (Å²) in [6.07, 6.45) is 1.12. The minimum Gasteiger partial charge on any atom is -0.389 e. The van der Waals surface area contributed by atoms with Gasteiger partial charge in [-0.05, 0) is 42.2 Å². The van der Waals surface area contributed by atoms with Crippen molar-refractivity contribution in [3.63, 3.8) is 0 Å². The molecule has 0 amide bonds. The molecule has 2 nitrogen and oxygen atoms in total. The van der Waals surface area contributed by atoms with Crippen LogP contribution in [0.1, 0.15) is 18.1 Å². The van der Waals surface area contributed by atoms with E-state index in [4.69, 9.17) is 29.6 Å². The number of nitrogens with zero attached hydrogens (tertiary/aromatic N) is 1. The zero-order chi connectivity index (χ0) is 15.0. The van der Waals surface area contributed by atoms with Crippen LogP contribution < -0.4 is 10.6 Å². The smallest absolute Gasteiger partial charge is 0.105 e. The van der Waals surface area contributed by atoms with E-state index in [1.54, 1.807) is 0 Å². The Morgan fingerprint density at radius 3 is 2.76 bits per heavy atom. The third-order valence-electron chi connectivity index (χ3n) is 3.87. The van der Waals surface area contributed by atoms with Crippen LogP contribution >= 0.6 is 23.8 Å². The molecule has 108 valence electrons. The summed E-state index contributed by atoms with van der Waals surface area (Å²) in [7, 11) is 0. The number of nitrogens with two attached hydrogens (primary N) is 1. The zero-order valence-corrected chi connectivity index (χ0v) is 13.4. The molecule has 21 heavy (non-hydrogen) atoms. The predicted octanol–water partition coefficient (Wildman–Crippen LogP) is 4.30. The van der Waals surface area contributed by atoms with Crippen LogP contribution in [0.25, 0.3) is 0 Å². The summed E-state index contributed by atoms with van der Waals surface area (Å²) in [5, 5.41) is 0.607. The van der Waals surface area contributed by atoms with E-state index >= 15 is 0 Å². The minimum absolute atomic E-state index is 0.332. The molecule has 2 aromatic carbocycles. The van der Waals surface area contributed by atoms with Crippen LogP contribution in [0.2, 0.25) is 5.02 Å². The van der Waals surface area contributed by atoms with Crippen LogP contribution in [0.4, 0.5) is 11.4 Å². The van der Waals surface area contributed by atoms with Crippen molar-refractivity contribution in [2.24, 2.45) is 11.7 Å². The van der Waals surface area contributed by atoms with Crippen molar-refractivity contribution in [2.75, 3.05) is 11.4 Å². The molecule has 0 saturated carbocycles. The van der Waals surface area contributed by atoms with Crippen molar-refractivity contribution in [1.29, 1.82) is 0 Å². The summed E-state index contributed by atoms with van der Waals surface area (Å²) < 4.78 is 0. The van der Waals surface area contributed by atoms with E-state index < -0.39 is 0 Å². The van der Waals surface area contributed by atoms with Gasteiger partial charge < -0.3 is 10.6 Å². The first-order valence-corrected chi connectivity index (χ1v) is 7.79. The van der Waals surface area contributed by atoms with Gasteiger partial charge in [-0.2, -0.15) is 0 Å². The van der Waals surface area contributed by atoms with Gasteiger partial charge in [-0.15, -0.1) is 0 Å². The molecule has 0 fully saturated rings. The Kier molecular flexibility index (Phi) is 3.87. The zero-order valence-electron chi connectivity index (χ0n) is 11.8. The van der Waals surface area contributed by atoms with Crippen LogP contribution in [0.3, 0.4) is 0 Å². The predicted molar refractivity (Wildman–Crippen MR) is 93.7 cm³/mol. The van der Waals surface area contributed by atoms with Crippen molar-refractivity contribution >= 4 is 40.2 Å². The fourth-order valence-corrected chi connectivity index (χ4v) is 3.42. The number of para-hydroxylation sites is 1. The van der Waals surface area contributed by atoms with E-state index in [2.05, 4.69) is 36.1 Å². The summed E-state index contributed by atoms with van der Waals surface area (Å²) in [6, 6.07) is 14.4. The molecule has 1 atom stereocenters. The quantitative estimate of drug-likeness (QED) is 0.837. The fraction of sp³-hybridized carbons (Fsp3) is 0.235. The normalized spacial score (nSPS) is 17.4. The highest BCUT2D eigenvalue weighted by Gasteiger charge is 2.23. The van der Waals surface area contributed by atoms with E-state index in [1.807, 2.05) is 18.2 Å². The number of rotatable bonds is 2. The first-order valence-electron chi connectivity index (χ1n) is 7.01. The molecule has 0 radical (unpaired) electrons. The van der Waals surface area contributed by atoms with E-state index in [9.17, 15) is 0 Å². The number of fused-ring (bicyclic) bond motifs is 1. The SMILES string of the molecule is CC1Cc2ccccc2N(c2ccc(C(N)=S)c(Cl)c2)C1. The van der Waals surface area contributed by atoms with Crippen molar-refractivity contribution in [2.45, 2.75) is 13.3 Å². The summed E-state index contributed by atoms with van der Waals surface area (Å²) >= 11 is 11.3. The third-order valence-corrected chi connectivity index (χ3v) is 4.41. The van der Waals surface area contributed by atoms with Gasteiger partial charge in [0.1, 0.15) is 4.99 Å². The maximum Gasteiger partial charge on any atom is 0.105 e. The molecule has 2 N–H and O–H groups in total. The van der Waals surface area contributed by atoms with Gasteiger partial charge in [0.2, 0.25) is 0 Å². The molecule has 0 bridgehead atoms. The molecule has 0 aromatic heterocycles. The van der Waals surface area contributed by atoms with Gasteiger partial charge in [-0.25, -0.2) is 0 Å². The number of thiocarbonyl (C=S) groups is 1. The number of benzene rings is 2. The Bertz CT molecular complexity index is 699. The van der Waals surface area contributed by atoms with Crippen LogP contribution in [0.5, 0.6) is 0 Å². The summed E-state index contributed by atoms with van der Waals surface area (Å²) in [5.74, 6) is 0.605. The second-order valence-electron chi connectivity index (χ2n) is 5.58. The van der Waals surface area contributed by atoms with Crippen LogP contribution in [-0.4, -0.2) is 11.5 Å². The number of halogens is 1. The van der Waals surface area contributed by atoms with Gasteiger partial charge >= 0.3 is 0 Å². The van der Waals surface area contributed by atoms with Crippen LogP contribution in [0.15, 0.2) is 42.5 Å². The van der Waals surface area contributed by atoms with Crippen LogP contribution in [-0.2, 0) is 6.42 Å². The van der Waals surface area contributed by atoms with E-state index in [0.717, 1.165) is 24.2 Å². The average Bonchev–Trinajstić information content (AvgIpc) is 2.45. The molecule has 0 saturated heterocycles. The number of anilines is 2. The van der Waals surface area contributed by atoms with Crippen molar-refractivity contribution in [1.82, 2.24) is 0 Å². The van der Waals surface area contributed by atoms with E-state index in [-0.39, 0.29) is 0 Å². The van der Waals surface area contributed by atoms with Crippen molar-refractivity contribution < 1.29 is 0 Å². The van der Waals surface area contributed by atoms with Crippen molar-refractivity contribution in [3.05, 3.63) is 58.6 Å². The Labute approximate surface area is 135 Å². The monoisotopic (exact) mass is 316 g/mol. The lowest BCUT2D eigenvalue weighted by Gasteiger charge is -2.35. The van der Waals surface area contributed by atoms with E-state index in [1.165, 1.54) is 11.3 Å². The average molecular weight is 317 g/mol. The van der Waals surface area contributed by atoms with Gasteiger partial charge in [0.15, 0.2) is 0 Å². The Balaban J connectivity index is 2.05. The van der Waals surface area contributed by atoms with Crippen LogP contribution in [0, 0.1) is 5.92 Å². The molecule has 4 heteroatoms. The molecule has 2 aromatic rings. The maximum atomic E-state index is 6.31. The standard InChI is InChI=1S/C17H17ClN2S/c1-11-8-12-4-2-3-5-16(12)20(10-11)13-6-7-14(17(19)21)15(18)9-13/h2-7,9,11H,8,10H2,1H3,(H2,19,21). The van der Waals surface area contributed by atoms with Gasteiger partial charge in [0, 0.05) is 23.5 Å². The Morgan fingerprint density at radius 1 is 1.29 bits per heavy atom. The first kappa shape index (κ1) is 14.4. The third kappa shape index (κ3) is 2.76. The highest BCUT2D eigenvalue weighted by molar-refractivity contribution is 7.80. The summed E-state index contributed by atoms with van der Waals surface area (Å²) in [6.45, 7) is 3.26. The first-order chi connectivity index (χ1) is 10.1. The lowest BCUT2D eigenvalue weighted by Crippen LogP contribution is -2.30. The van der Waals surface area contributed by atoms with E-state index in [0.29, 0.717) is 15.9 Å². The maximum absolute atomic E-state index is 6.31. The molecule has 1 aliphatic rings. The second-order valence-corrected chi connectivity index (χ2v) is 6.42. The lowest BCUT2D eigenvalue weighted by atomic mass is 9.93.